The quantitative estimate of drug-likeness (QED) is 0.186. The van der Waals surface area contributed by atoms with E-state index in [1.807, 2.05) is 36.8 Å². The summed E-state index contributed by atoms with van der Waals surface area (Å²) >= 11 is 0. The number of aliphatic imine (C=N–C) groups is 1. The number of aryl methyl sites for hydroxylation is 1. The number of halogens is 2. The lowest BCUT2D eigenvalue weighted by atomic mass is 9.79. The van der Waals surface area contributed by atoms with E-state index in [1.165, 1.54) is 28.8 Å². The van der Waals surface area contributed by atoms with E-state index in [0.717, 1.165) is 84.3 Å². The molecule has 3 atom stereocenters. The summed E-state index contributed by atoms with van der Waals surface area (Å²) in [4.78, 5) is 30.8. The lowest BCUT2D eigenvalue weighted by molar-refractivity contribution is -0.127. The molecule has 2 fully saturated rings. The van der Waals surface area contributed by atoms with E-state index in [-0.39, 0.29) is 57.5 Å². The number of pyridine rings is 1. The van der Waals surface area contributed by atoms with Gasteiger partial charge in [0.2, 0.25) is 5.92 Å². The summed E-state index contributed by atoms with van der Waals surface area (Å²) < 4.78 is 27.7. The van der Waals surface area contributed by atoms with Gasteiger partial charge in [-0.25, -0.2) is 8.78 Å². The molecule has 1 aromatic heterocycles. The number of carbonyl (C=O) groups excluding carboxylic acids is 1. The molecule has 0 radical (unpaired) electrons. The molecule has 0 bridgehead atoms. The molecule has 1 aromatic carbocycles. The fourth-order valence-electron chi connectivity index (χ4n) is 8.56. The van der Waals surface area contributed by atoms with Crippen molar-refractivity contribution in [3.8, 4) is 0 Å². The van der Waals surface area contributed by atoms with Gasteiger partial charge in [-0.2, -0.15) is 27.0 Å². The van der Waals surface area contributed by atoms with Gasteiger partial charge in [-0.3, -0.25) is 24.6 Å². The van der Waals surface area contributed by atoms with Crippen molar-refractivity contribution in [3.63, 3.8) is 0 Å². The van der Waals surface area contributed by atoms with E-state index in [1.54, 1.807) is 0 Å². The lowest BCUT2D eigenvalue weighted by Gasteiger charge is -2.45. The van der Waals surface area contributed by atoms with Crippen LogP contribution in [0.2, 0.25) is 0 Å². The molecule has 2 N–H and O–H groups in total. The number of aromatic nitrogens is 1. The van der Waals surface area contributed by atoms with Crippen LogP contribution in [0.5, 0.6) is 0 Å². The minimum atomic E-state index is -2.62. The Kier molecular flexibility index (Phi) is 16.6. The predicted molar refractivity (Wildman–Crippen MR) is 214 cm³/mol. The third kappa shape index (κ3) is 11.7. The SMILES string of the molecule is NCCCCN(C[C@H]1CN(CC[C@H](CC(=O)C2CCC(F)(F)CC2)c2ccccc2)CCN1CC1=CN=CC1)[C@H]1CCCc2cccnc21.S.S. The van der Waals surface area contributed by atoms with Crippen LogP contribution in [0.3, 0.4) is 0 Å². The third-order valence-electron chi connectivity index (χ3n) is 11.4. The normalized spacial score (nSPS) is 22.9. The van der Waals surface area contributed by atoms with Crippen molar-refractivity contribution < 1.29 is 13.6 Å². The molecule has 7 nitrogen and oxygen atoms in total. The highest BCUT2D eigenvalue weighted by molar-refractivity contribution is 7.59. The number of fused-ring (bicyclic) bond motifs is 1. The Bertz CT molecular complexity index is 1420. The van der Waals surface area contributed by atoms with E-state index in [0.29, 0.717) is 37.9 Å². The van der Waals surface area contributed by atoms with Gasteiger partial charge in [0.05, 0.1) is 11.7 Å². The number of nitrogens with zero attached hydrogens (tertiary/aromatic N) is 5. The van der Waals surface area contributed by atoms with Gasteiger partial charge in [0.1, 0.15) is 5.78 Å². The molecular formula is C40H60F2N6OS2. The molecule has 51 heavy (non-hydrogen) atoms. The summed E-state index contributed by atoms with van der Waals surface area (Å²) in [5, 5.41) is 0. The van der Waals surface area contributed by atoms with Gasteiger partial charge in [-0.1, -0.05) is 36.4 Å². The molecule has 11 heteroatoms. The minimum Gasteiger partial charge on any atom is -0.330 e. The molecule has 2 aliphatic carbocycles. The summed E-state index contributed by atoms with van der Waals surface area (Å²) in [7, 11) is 0. The predicted octanol–water partition coefficient (Wildman–Crippen LogP) is 7.03. The first-order chi connectivity index (χ1) is 23.9. The number of ketones is 1. The second-order valence-corrected chi connectivity index (χ2v) is 14.9. The number of Topliss-reactive ketones (excluding diaryl/α,β-unsaturated/α-hetero) is 1. The van der Waals surface area contributed by atoms with Crippen LogP contribution in [-0.2, 0) is 11.2 Å². The largest absolute Gasteiger partial charge is 0.330 e. The third-order valence-corrected chi connectivity index (χ3v) is 11.4. The van der Waals surface area contributed by atoms with Crippen molar-refractivity contribution >= 4 is 39.0 Å². The molecule has 282 valence electrons. The van der Waals surface area contributed by atoms with Crippen molar-refractivity contribution in [2.24, 2.45) is 16.6 Å². The zero-order chi connectivity index (χ0) is 34.1. The van der Waals surface area contributed by atoms with Crippen molar-refractivity contribution in [3.05, 3.63) is 77.3 Å². The maximum absolute atomic E-state index is 13.9. The number of benzene rings is 1. The molecule has 3 heterocycles. The molecule has 2 aliphatic heterocycles. The molecule has 2 aromatic rings. The Morgan fingerprint density at radius 3 is 2.59 bits per heavy atom. The summed E-state index contributed by atoms with van der Waals surface area (Å²) in [6.07, 6.45) is 14.0. The molecule has 0 amide bonds. The molecule has 4 aliphatic rings. The van der Waals surface area contributed by atoms with E-state index in [9.17, 15) is 13.6 Å². The van der Waals surface area contributed by atoms with Gasteiger partial charge >= 0.3 is 0 Å². The smallest absolute Gasteiger partial charge is 0.248 e. The van der Waals surface area contributed by atoms with Crippen LogP contribution in [0.1, 0.15) is 99.4 Å². The van der Waals surface area contributed by atoms with Gasteiger partial charge in [-0.05, 0) is 99.7 Å². The van der Waals surface area contributed by atoms with E-state index in [4.69, 9.17) is 10.7 Å². The Labute approximate surface area is 318 Å². The zero-order valence-electron chi connectivity index (χ0n) is 30.2. The number of hydrogen-bond acceptors (Lipinski definition) is 7. The maximum atomic E-state index is 13.9. The molecule has 0 unspecified atom stereocenters. The topological polar surface area (TPSA) is 78.1 Å². The maximum Gasteiger partial charge on any atom is 0.248 e. The molecular weight excluding hydrogens is 683 g/mol. The standard InChI is InChI=1S/C40H56F2N6O.2H2S/c41-40(42)17-13-33(14-18-40)38(49)26-35(32-8-2-1-3-9-32)16-23-46-24-25-47(28-31-15-21-44-27-31)36(29-46)30-48(22-5-4-19-43)37-12-6-10-34-11-7-20-45-39(34)37;;/h1-3,7-9,11,20-21,27,33,35-37H,4-6,10,12-19,22-26,28-30,43H2;2*1H2/t35-,36-,37+;;/m1../s1. The number of carbonyl (C=O) groups is 1. The second-order valence-electron chi connectivity index (χ2n) is 14.9. The average Bonchev–Trinajstić information content (AvgIpc) is 3.64. The Hall–Kier alpha value is -2.15. The Morgan fingerprint density at radius 2 is 1.84 bits per heavy atom. The number of rotatable bonds is 16. The van der Waals surface area contributed by atoms with Crippen LogP contribution in [0.25, 0.3) is 0 Å². The first kappa shape index (κ1) is 41.6. The van der Waals surface area contributed by atoms with Gasteiger partial charge < -0.3 is 10.6 Å². The number of alkyl halides is 2. The lowest BCUT2D eigenvalue weighted by Crippen LogP contribution is -2.58. The summed E-state index contributed by atoms with van der Waals surface area (Å²) in [5.41, 5.74) is 11.1. The average molecular weight is 743 g/mol. The van der Waals surface area contributed by atoms with E-state index < -0.39 is 5.92 Å². The summed E-state index contributed by atoms with van der Waals surface area (Å²) in [6, 6.07) is 15.3. The Morgan fingerprint density at radius 1 is 1.04 bits per heavy atom. The number of hydrogen-bond donors (Lipinski definition) is 1. The van der Waals surface area contributed by atoms with Gasteiger partial charge in [0.15, 0.2) is 0 Å². The van der Waals surface area contributed by atoms with Gasteiger partial charge in [0.25, 0.3) is 0 Å². The molecule has 1 saturated carbocycles. The van der Waals surface area contributed by atoms with Crippen molar-refractivity contribution in [2.45, 2.75) is 101 Å². The first-order valence-corrected chi connectivity index (χ1v) is 18.9. The van der Waals surface area contributed by atoms with Crippen molar-refractivity contribution in [1.82, 2.24) is 19.7 Å². The molecule has 6 rings (SSSR count). The summed E-state index contributed by atoms with van der Waals surface area (Å²) in [6.45, 7) is 7.49. The number of unbranched alkanes of at least 4 members (excludes halogenated alkanes) is 1. The van der Waals surface area contributed by atoms with Crippen molar-refractivity contribution in [1.29, 1.82) is 0 Å². The highest BCUT2D eigenvalue weighted by Gasteiger charge is 2.38. The fraction of sp³-hybridized carbons (Fsp3) is 0.625. The highest BCUT2D eigenvalue weighted by atomic mass is 32.1. The van der Waals surface area contributed by atoms with Crippen LogP contribution < -0.4 is 5.73 Å². The van der Waals surface area contributed by atoms with E-state index in [2.05, 4.69) is 44.0 Å². The van der Waals surface area contributed by atoms with Crippen molar-refractivity contribution in [2.75, 3.05) is 52.4 Å². The monoisotopic (exact) mass is 742 g/mol. The van der Waals surface area contributed by atoms with Crippen LogP contribution >= 0.6 is 27.0 Å². The van der Waals surface area contributed by atoms with Crippen LogP contribution in [-0.4, -0.2) is 96.0 Å². The van der Waals surface area contributed by atoms with Crippen LogP contribution in [0.4, 0.5) is 8.78 Å². The Balaban J connectivity index is 0.00000292. The summed E-state index contributed by atoms with van der Waals surface area (Å²) in [5.74, 6) is -2.61. The van der Waals surface area contributed by atoms with Crippen LogP contribution in [0.15, 0.2) is 65.4 Å². The first-order valence-electron chi connectivity index (χ1n) is 18.9. The zero-order valence-corrected chi connectivity index (χ0v) is 32.2. The number of nitrogens with two attached hydrogens (primary N) is 1. The fourth-order valence-corrected chi connectivity index (χ4v) is 8.56. The van der Waals surface area contributed by atoms with E-state index >= 15 is 0 Å². The minimum absolute atomic E-state index is 0. The van der Waals surface area contributed by atoms with Gasteiger partial charge in [0, 0.05) is 89.0 Å². The van der Waals surface area contributed by atoms with Crippen LogP contribution in [0, 0.1) is 5.92 Å². The van der Waals surface area contributed by atoms with Gasteiger partial charge in [-0.15, -0.1) is 0 Å². The second kappa shape index (κ2) is 20.3. The molecule has 0 spiro atoms. The molecule has 1 saturated heterocycles. The number of piperazine rings is 1. The highest BCUT2D eigenvalue weighted by Crippen LogP contribution is 2.38.